The van der Waals surface area contributed by atoms with Gasteiger partial charge in [-0.3, -0.25) is 0 Å². The van der Waals surface area contributed by atoms with Crippen LogP contribution >= 0.6 is 0 Å². The van der Waals surface area contributed by atoms with E-state index in [1.807, 2.05) is 12.1 Å². The third-order valence-corrected chi connectivity index (χ3v) is 5.13. The predicted octanol–water partition coefficient (Wildman–Crippen LogP) is 4.80. The summed E-state index contributed by atoms with van der Waals surface area (Å²) < 4.78 is 0. The van der Waals surface area contributed by atoms with Gasteiger partial charge in [-0.05, 0) is 48.7 Å². The number of anilines is 1. The molecule has 2 amide bonds. The number of rotatable bonds is 3. The molecular formula is C22H22N4O. The summed E-state index contributed by atoms with van der Waals surface area (Å²) in [4.78, 5) is 12.7. The molecule has 136 valence electrons. The summed E-state index contributed by atoms with van der Waals surface area (Å²) in [5.74, 6) is 0. The summed E-state index contributed by atoms with van der Waals surface area (Å²) in [7, 11) is 0. The Kier molecular flexibility index (Phi) is 5.74. The van der Waals surface area contributed by atoms with Gasteiger partial charge in [-0.15, -0.1) is 0 Å². The van der Waals surface area contributed by atoms with Crippen molar-refractivity contribution in [3.05, 3.63) is 65.2 Å². The molecule has 0 spiro atoms. The molecule has 1 fully saturated rings. The fourth-order valence-electron chi connectivity index (χ4n) is 3.73. The van der Waals surface area contributed by atoms with Crippen LogP contribution in [0.25, 0.3) is 0 Å². The molecule has 27 heavy (non-hydrogen) atoms. The third kappa shape index (κ3) is 4.46. The smallest absolute Gasteiger partial charge is 0.319 e. The Morgan fingerprint density at radius 1 is 0.889 bits per heavy atom. The zero-order chi connectivity index (χ0) is 19.1. The Morgan fingerprint density at radius 3 is 2.19 bits per heavy atom. The van der Waals surface area contributed by atoms with Crippen molar-refractivity contribution in [3.8, 4) is 12.1 Å². The molecule has 1 aliphatic rings. The Balaban J connectivity index is 1.83. The monoisotopic (exact) mass is 358 g/mol. The van der Waals surface area contributed by atoms with E-state index >= 15 is 0 Å². The highest BCUT2D eigenvalue weighted by atomic mass is 16.2. The van der Waals surface area contributed by atoms with Crippen LogP contribution in [0.4, 0.5) is 10.5 Å². The molecular weight excluding hydrogens is 336 g/mol. The molecule has 0 atom stereocenters. The van der Waals surface area contributed by atoms with Crippen molar-refractivity contribution in [3.63, 3.8) is 0 Å². The van der Waals surface area contributed by atoms with Gasteiger partial charge in [0.2, 0.25) is 0 Å². The second-order valence-electron chi connectivity index (χ2n) is 6.96. The highest BCUT2D eigenvalue weighted by Crippen LogP contribution is 2.36. The summed E-state index contributed by atoms with van der Waals surface area (Å²) in [6.45, 7) is 0. The molecule has 0 bridgehead atoms. The van der Waals surface area contributed by atoms with E-state index in [9.17, 15) is 4.79 Å². The van der Waals surface area contributed by atoms with Crippen LogP contribution in [0.15, 0.2) is 48.5 Å². The van der Waals surface area contributed by atoms with E-state index in [0.29, 0.717) is 16.8 Å². The molecule has 1 aliphatic carbocycles. The van der Waals surface area contributed by atoms with Crippen molar-refractivity contribution >= 4 is 11.7 Å². The molecule has 3 rings (SSSR count). The molecule has 0 saturated heterocycles. The minimum atomic E-state index is -0.443. The lowest BCUT2D eigenvalue weighted by atomic mass is 9.82. The van der Waals surface area contributed by atoms with Crippen molar-refractivity contribution in [1.29, 1.82) is 10.5 Å². The van der Waals surface area contributed by atoms with E-state index in [-0.39, 0.29) is 6.03 Å². The third-order valence-electron chi connectivity index (χ3n) is 5.13. The van der Waals surface area contributed by atoms with Gasteiger partial charge < -0.3 is 10.6 Å². The summed E-state index contributed by atoms with van der Waals surface area (Å²) in [5.41, 5.74) is 2.30. The maximum Gasteiger partial charge on any atom is 0.319 e. The molecule has 2 N–H and O–H groups in total. The summed E-state index contributed by atoms with van der Waals surface area (Å²) in [6, 6.07) is 18.3. The number of nitrogens with one attached hydrogen (secondary N) is 2. The maximum absolute atomic E-state index is 12.7. The van der Waals surface area contributed by atoms with E-state index in [1.54, 1.807) is 36.4 Å². The van der Waals surface area contributed by atoms with Crippen molar-refractivity contribution < 1.29 is 4.79 Å². The van der Waals surface area contributed by atoms with Gasteiger partial charge >= 0.3 is 6.03 Å². The van der Waals surface area contributed by atoms with Crippen molar-refractivity contribution in [2.75, 3.05) is 5.32 Å². The number of nitriles is 2. The average molecular weight is 358 g/mol. The van der Waals surface area contributed by atoms with Crippen LogP contribution in [0.5, 0.6) is 0 Å². The van der Waals surface area contributed by atoms with Crippen LogP contribution in [0.2, 0.25) is 0 Å². The first-order chi connectivity index (χ1) is 13.1. The van der Waals surface area contributed by atoms with Gasteiger partial charge in [-0.25, -0.2) is 4.79 Å². The molecule has 5 heteroatoms. The van der Waals surface area contributed by atoms with E-state index in [4.69, 9.17) is 10.5 Å². The SMILES string of the molecule is N#Cc1ccc(C2(NC(=O)Nc3cccc(C#N)c3)CCCCCC2)cc1. The van der Waals surface area contributed by atoms with E-state index < -0.39 is 5.54 Å². The molecule has 0 aromatic heterocycles. The van der Waals surface area contributed by atoms with Crippen LogP contribution in [0.3, 0.4) is 0 Å². The van der Waals surface area contributed by atoms with Gasteiger partial charge in [0, 0.05) is 5.69 Å². The fraction of sp³-hybridized carbons (Fsp3) is 0.318. The number of nitrogens with zero attached hydrogens (tertiary/aromatic N) is 2. The van der Waals surface area contributed by atoms with Crippen LogP contribution in [-0.4, -0.2) is 6.03 Å². The van der Waals surface area contributed by atoms with Crippen molar-refractivity contribution in [1.82, 2.24) is 5.32 Å². The molecule has 2 aromatic rings. The van der Waals surface area contributed by atoms with Crippen LogP contribution in [0, 0.1) is 22.7 Å². The Morgan fingerprint density at radius 2 is 1.56 bits per heavy atom. The molecule has 1 saturated carbocycles. The largest absolute Gasteiger partial charge is 0.328 e. The first-order valence-corrected chi connectivity index (χ1v) is 9.25. The number of urea groups is 1. The fourth-order valence-corrected chi connectivity index (χ4v) is 3.73. The number of hydrogen-bond donors (Lipinski definition) is 2. The van der Waals surface area contributed by atoms with Gasteiger partial charge in [0.25, 0.3) is 0 Å². The van der Waals surface area contributed by atoms with Gasteiger partial charge in [0.05, 0.1) is 28.8 Å². The summed E-state index contributed by atoms with van der Waals surface area (Å²) in [5, 5.41) is 24.1. The van der Waals surface area contributed by atoms with Gasteiger partial charge in [0.15, 0.2) is 0 Å². The average Bonchev–Trinajstić information content (AvgIpc) is 2.94. The topological polar surface area (TPSA) is 88.7 Å². The minimum Gasteiger partial charge on any atom is -0.328 e. The Bertz CT molecular complexity index is 882. The molecule has 2 aromatic carbocycles. The lowest BCUT2D eigenvalue weighted by molar-refractivity contribution is 0.229. The zero-order valence-corrected chi connectivity index (χ0v) is 15.2. The van der Waals surface area contributed by atoms with Gasteiger partial charge in [0.1, 0.15) is 0 Å². The van der Waals surface area contributed by atoms with Crippen LogP contribution in [0.1, 0.15) is 55.2 Å². The molecule has 0 radical (unpaired) electrons. The highest BCUT2D eigenvalue weighted by Gasteiger charge is 2.34. The highest BCUT2D eigenvalue weighted by molar-refractivity contribution is 5.90. The van der Waals surface area contributed by atoms with Crippen molar-refractivity contribution in [2.45, 2.75) is 44.1 Å². The number of amides is 2. The predicted molar refractivity (Wildman–Crippen MR) is 104 cm³/mol. The van der Waals surface area contributed by atoms with Gasteiger partial charge in [-0.1, -0.05) is 43.9 Å². The lowest BCUT2D eigenvalue weighted by Crippen LogP contribution is -2.47. The maximum atomic E-state index is 12.7. The zero-order valence-electron chi connectivity index (χ0n) is 15.2. The van der Waals surface area contributed by atoms with Crippen LogP contribution < -0.4 is 10.6 Å². The normalized spacial score (nSPS) is 15.6. The first kappa shape index (κ1) is 18.5. The quantitative estimate of drug-likeness (QED) is 0.772. The second-order valence-corrected chi connectivity index (χ2v) is 6.96. The number of hydrogen-bond acceptors (Lipinski definition) is 3. The van der Waals surface area contributed by atoms with E-state index in [1.165, 1.54) is 0 Å². The minimum absolute atomic E-state index is 0.281. The summed E-state index contributed by atoms with van der Waals surface area (Å²) in [6.07, 6.45) is 6.14. The molecule has 5 nitrogen and oxygen atoms in total. The molecule has 0 aliphatic heterocycles. The van der Waals surface area contributed by atoms with Crippen LogP contribution in [-0.2, 0) is 5.54 Å². The molecule has 0 unspecified atom stereocenters. The lowest BCUT2D eigenvalue weighted by Gasteiger charge is -2.34. The number of benzene rings is 2. The van der Waals surface area contributed by atoms with Gasteiger partial charge in [-0.2, -0.15) is 10.5 Å². The number of carbonyl (C=O) groups excluding carboxylic acids is 1. The van der Waals surface area contributed by atoms with Crippen molar-refractivity contribution in [2.24, 2.45) is 0 Å². The molecule has 0 heterocycles. The summed E-state index contributed by atoms with van der Waals surface area (Å²) >= 11 is 0. The Labute approximate surface area is 159 Å². The number of carbonyl (C=O) groups is 1. The standard InChI is InChI=1S/C22H22N4O/c23-15-17-8-10-19(11-9-17)22(12-3-1-2-4-13-22)26-21(27)25-20-7-5-6-18(14-20)16-24/h5-11,14H,1-4,12-13H2,(H2,25,26,27). The van der Waals surface area contributed by atoms with E-state index in [0.717, 1.165) is 44.1 Å². The second kappa shape index (κ2) is 8.38. The Hall–Kier alpha value is -3.31. The first-order valence-electron chi connectivity index (χ1n) is 9.25. The van der Waals surface area contributed by atoms with E-state index in [2.05, 4.69) is 22.8 Å².